The summed E-state index contributed by atoms with van der Waals surface area (Å²) in [6, 6.07) is 7.32. The summed E-state index contributed by atoms with van der Waals surface area (Å²) in [5, 5.41) is 13.9. The highest BCUT2D eigenvalue weighted by Gasteiger charge is 2.21. The third-order valence-corrected chi connectivity index (χ3v) is 5.67. The minimum Gasteiger partial charge on any atom is -0.313 e. The summed E-state index contributed by atoms with van der Waals surface area (Å²) < 4.78 is 0. The molecule has 3 rings (SSSR count). The molecule has 1 heterocycles. The van der Waals surface area contributed by atoms with Gasteiger partial charge in [-0.1, -0.05) is 29.3 Å². The highest BCUT2D eigenvalue weighted by Crippen LogP contribution is 2.37. The van der Waals surface area contributed by atoms with Crippen LogP contribution in [0.1, 0.15) is 34.4 Å². The number of hydrogen-bond acceptors (Lipinski definition) is 3. The molecule has 1 amide bonds. The molecule has 0 bridgehead atoms. The van der Waals surface area contributed by atoms with E-state index in [-0.39, 0.29) is 5.91 Å². The molecule has 0 radical (unpaired) electrons. The lowest BCUT2D eigenvalue weighted by Crippen LogP contribution is -2.07. The molecule has 0 saturated heterocycles. The van der Waals surface area contributed by atoms with Crippen molar-refractivity contribution in [3.63, 3.8) is 0 Å². The van der Waals surface area contributed by atoms with Crippen LogP contribution in [0.5, 0.6) is 0 Å². The lowest BCUT2D eigenvalue weighted by molar-refractivity contribution is -0.111. The zero-order valence-corrected chi connectivity index (χ0v) is 15.1. The van der Waals surface area contributed by atoms with Gasteiger partial charge in [0.2, 0.25) is 5.91 Å². The number of nitrogens with zero attached hydrogens (tertiary/aromatic N) is 1. The molecule has 1 aromatic carbocycles. The molecular weight excluding hydrogens is 363 g/mol. The van der Waals surface area contributed by atoms with Crippen molar-refractivity contribution in [2.24, 2.45) is 0 Å². The summed E-state index contributed by atoms with van der Waals surface area (Å²) in [5.74, 6) is -0.281. The van der Waals surface area contributed by atoms with Gasteiger partial charge in [-0.15, -0.1) is 11.3 Å². The van der Waals surface area contributed by atoms with Crippen LogP contribution in [0.15, 0.2) is 24.3 Å². The van der Waals surface area contributed by atoms with E-state index in [1.165, 1.54) is 22.3 Å². The van der Waals surface area contributed by atoms with Gasteiger partial charge in [0.1, 0.15) is 11.1 Å². The molecule has 3 nitrogen and oxygen atoms in total. The zero-order valence-electron chi connectivity index (χ0n) is 12.7. The summed E-state index contributed by atoms with van der Waals surface area (Å²) in [4.78, 5) is 13.4. The van der Waals surface area contributed by atoms with Crippen molar-refractivity contribution in [2.75, 3.05) is 5.32 Å². The highest BCUT2D eigenvalue weighted by molar-refractivity contribution is 7.16. The molecule has 1 N–H and O–H groups in total. The molecule has 1 aromatic heterocycles. The maximum absolute atomic E-state index is 12.2. The molecule has 0 unspecified atom stereocenters. The normalized spacial score (nSPS) is 13.5. The van der Waals surface area contributed by atoms with Crippen LogP contribution in [-0.2, 0) is 17.6 Å². The molecule has 1 aliphatic rings. The number of anilines is 1. The molecule has 0 aliphatic heterocycles. The van der Waals surface area contributed by atoms with E-state index in [1.807, 2.05) is 0 Å². The van der Waals surface area contributed by atoms with Crippen molar-refractivity contribution in [3.8, 4) is 6.07 Å². The van der Waals surface area contributed by atoms with Crippen molar-refractivity contribution in [2.45, 2.75) is 25.7 Å². The lowest BCUT2D eigenvalue weighted by Gasteiger charge is -2.09. The van der Waals surface area contributed by atoms with E-state index in [2.05, 4.69) is 11.4 Å². The lowest BCUT2D eigenvalue weighted by atomic mass is 9.96. The first-order valence-corrected chi connectivity index (χ1v) is 9.14. The number of nitriles is 1. The van der Waals surface area contributed by atoms with Crippen LogP contribution in [0.3, 0.4) is 0 Å². The largest absolute Gasteiger partial charge is 0.313 e. The van der Waals surface area contributed by atoms with Crippen LogP contribution in [-0.4, -0.2) is 5.91 Å². The van der Waals surface area contributed by atoms with Crippen LogP contribution < -0.4 is 5.32 Å². The number of fused-ring (bicyclic) bond motifs is 1. The fraction of sp³-hybridized carbons (Fsp3) is 0.222. The van der Waals surface area contributed by atoms with Gasteiger partial charge in [-0.05, 0) is 55.0 Å². The smallest absolute Gasteiger partial charge is 0.249 e. The number of carbonyl (C=O) groups excluding carboxylic acids is 1. The fourth-order valence-corrected chi connectivity index (χ4v) is 4.44. The second-order valence-corrected chi connectivity index (χ2v) is 7.46. The number of amides is 1. The average Bonchev–Trinajstić information content (AvgIpc) is 2.90. The maximum atomic E-state index is 12.2. The van der Waals surface area contributed by atoms with Crippen LogP contribution in [0, 0.1) is 11.3 Å². The maximum Gasteiger partial charge on any atom is 0.249 e. The van der Waals surface area contributed by atoms with Gasteiger partial charge in [0, 0.05) is 21.0 Å². The monoisotopic (exact) mass is 376 g/mol. The topological polar surface area (TPSA) is 52.9 Å². The third-order valence-electron chi connectivity index (χ3n) is 3.90. The molecule has 0 fully saturated rings. The van der Waals surface area contributed by atoms with E-state index >= 15 is 0 Å². The van der Waals surface area contributed by atoms with Gasteiger partial charge in [-0.2, -0.15) is 5.26 Å². The first kappa shape index (κ1) is 17.0. The average molecular weight is 377 g/mol. The third kappa shape index (κ3) is 3.64. The highest BCUT2D eigenvalue weighted by atomic mass is 35.5. The van der Waals surface area contributed by atoms with E-state index in [9.17, 15) is 10.1 Å². The molecular formula is C18H14Cl2N2OS. The van der Waals surface area contributed by atoms with Gasteiger partial charge < -0.3 is 5.32 Å². The Morgan fingerprint density at radius 1 is 1.29 bits per heavy atom. The Kier molecular flexibility index (Phi) is 5.25. The number of rotatable bonds is 3. The van der Waals surface area contributed by atoms with E-state index < -0.39 is 0 Å². The Morgan fingerprint density at radius 3 is 2.83 bits per heavy atom. The van der Waals surface area contributed by atoms with Crippen molar-refractivity contribution >= 4 is 51.5 Å². The fourth-order valence-electron chi connectivity index (χ4n) is 2.73. The first-order chi connectivity index (χ1) is 11.6. The first-order valence-electron chi connectivity index (χ1n) is 7.57. The molecule has 1 aliphatic carbocycles. The summed E-state index contributed by atoms with van der Waals surface area (Å²) in [7, 11) is 0. The van der Waals surface area contributed by atoms with Crippen molar-refractivity contribution in [3.05, 3.63) is 55.9 Å². The second kappa shape index (κ2) is 7.40. The number of nitrogens with one attached hydrogen (secondary N) is 1. The summed E-state index contributed by atoms with van der Waals surface area (Å²) in [5.41, 5.74) is 2.43. The number of halogens is 2. The van der Waals surface area contributed by atoms with Gasteiger partial charge in [0.15, 0.2) is 0 Å². The minimum atomic E-state index is -0.281. The molecule has 0 spiro atoms. The van der Waals surface area contributed by atoms with Crippen molar-refractivity contribution in [1.29, 1.82) is 5.26 Å². The summed E-state index contributed by atoms with van der Waals surface area (Å²) >= 11 is 13.4. The van der Waals surface area contributed by atoms with Gasteiger partial charge in [-0.25, -0.2) is 0 Å². The van der Waals surface area contributed by atoms with Crippen molar-refractivity contribution < 1.29 is 4.79 Å². The Hall–Kier alpha value is -1.80. The van der Waals surface area contributed by atoms with Gasteiger partial charge in [0.05, 0.1) is 5.56 Å². The number of benzene rings is 1. The van der Waals surface area contributed by atoms with Gasteiger partial charge >= 0.3 is 0 Å². The van der Waals surface area contributed by atoms with E-state index in [0.29, 0.717) is 26.2 Å². The molecule has 0 atom stereocenters. The van der Waals surface area contributed by atoms with Crippen molar-refractivity contribution in [1.82, 2.24) is 0 Å². The SMILES string of the molecule is N#Cc1c(NC(=O)C=Cc2ccc(Cl)cc2Cl)sc2c1CCCC2. The molecule has 0 saturated carbocycles. The predicted molar refractivity (Wildman–Crippen MR) is 99.8 cm³/mol. The standard InChI is InChI=1S/C18H14Cl2N2OS/c19-12-7-5-11(15(20)9-12)6-8-17(23)22-18-14(10-21)13-3-1-2-4-16(13)24-18/h5-9H,1-4H2,(H,22,23). The van der Waals surface area contributed by atoms with Crippen LogP contribution in [0.25, 0.3) is 6.08 Å². The van der Waals surface area contributed by atoms with Crippen LogP contribution in [0.4, 0.5) is 5.00 Å². The van der Waals surface area contributed by atoms with E-state index in [4.69, 9.17) is 23.2 Å². The number of carbonyl (C=O) groups is 1. The Morgan fingerprint density at radius 2 is 2.08 bits per heavy atom. The quantitative estimate of drug-likeness (QED) is 0.723. The predicted octanol–water partition coefficient (Wildman–Crippen LogP) is 5.46. The number of hydrogen-bond donors (Lipinski definition) is 1. The number of aryl methyl sites for hydroxylation is 1. The van der Waals surface area contributed by atoms with Gasteiger partial charge in [0.25, 0.3) is 0 Å². The summed E-state index contributed by atoms with van der Waals surface area (Å²) in [6.45, 7) is 0. The van der Waals surface area contributed by atoms with Gasteiger partial charge in [-0.3, -0.25) is 4.79 Å². The molecule has 122 valence electrons. The van der Waals surface area contributed by atoms with Crippen LogP contribution >= 0.6 is 34.5 Å². The summed E-state index contributed by atoms with van der Waals surface area (Å²) in [6.07, 6.45) is 7.19. The Bertz CT molecular complexity index is 865. The zero-order chi connectivity index (χ0) is 17.1. The minimum absolute atomic E-state index is 0.281. The van der Waals surface area contributed by atoms with Crippen LogP contribution in [0.2, 0.25) is 10.0 Å². The molecule has 6 heteroatoms. The van der Waals surface area contributed by atoms with E-state index in [1.54, 1.807) is 24.3 Å². The molecule has 24 heavy (non-hydrogen) atoms. The number of thiophene rings is 1. The second-order valence-electron chi connectivity index (χ2n) is 5.52. The molecule has 2 aromatic rings. The Labute approximate surface area is 154 Å². The Balaban J connectivity index is 1.77. The van der Waals surface area contributed by atoms with E-state index in [0.717, 1.165) is 31.2 Å².